The normalized spacial score (nSPS) is 14.0. The van der Waals surface area contributed by atoms with Gasteiger partial charge in [0.05, 0.1) is 30.2 Å². The molecular weight excluding hydrogens is 396 g/mol. The van der Waals surface area contributed by atoms with Crippen LogP contribution in [0.2, 0.25) is 0 Å². The summed E-state index contributed by atoms with van der Waals surface area (Å²) >= 11 is 0. The second-order valence-electron chi connectivity index (χ2n) is 7.52. The van der Waals surface area contributed by atoms with Gasteiger partial charge in [-0.1, -0.05) is 12.1 Å². The van der Waals surface area contributed by atoms with E-state index in [1.807, 2.05) is 40.8 Å². The molecule has 0 atom stereocenters. The van der Waals surface area contributed by atoms with E-state index in [9.17, 15) is 9.59 Å². The van der Waals surface area contributed by atoms with Gasteiger partial charge >= 0.3 is 0 Å². The predicted molar refractivity (Wildman–Crippen MR) is 118 cm³/mol. The van der Waals surface area contributed by atoms with Crippen molar-refractivity contribution in [1.82, 2.24) is 19.2 Å². The van der Waals surface area contributed by atoms with Gasteiger partial charge < -0.3 is 15.0 Å². The van der Waals surface area contributed by atoms with E-state index in [0.717, 1.165) is 23.3 Å². The quantitative estimate of drug-likeness (QED) is 0.535. The lowest BCUT2D eigenvalue weighted by molar-refractivity contribution is -0.117. The van der Waals surface area contributed by atoms with Crippen LogP contribution in [-0.2, 0) is 18.4 Å². The van der Waals surface area contributed by atoms with Crippen molar-refractivity contribution in [2.24, 2.45) is 7.05 Å². The topological polar surface area (TPSA) is 93.8 Å². The molecule has 0 unspecified atom stereocenters. The van der Waals surface area contributed by atoms with Crippen LogP contribution in [0.3, 0.4) is 0 Å². The zero-order valence-corrected chi connectivity index (χ0v) is 17.3. The van der Waals surface area contributed by atoms with Crippen LogP contribution in [0.4, 0.5) is 11.4 Å². The lowest BCUT2D eigenvalue weighted by Crippen LogP contribution is -2.24. The van der Waals surface area contributed by atoms with E-state index < -0.39 is 0 Å². The van der Waals surface area contributed by atoms with Crippen molar-refractivity contribution in [2.75, 3.05) is 23.9 Å². The lowest BCUT2D eigenvalue weighted by atomic mass is 10.2. The number of methoxy groups -OCH3 is 1. The van der Waals surface area contributed by atoms with Gasteiger partial charge in [-0.2, -0.15) is 0 Å². The van der Waals surface area contributed by atoms with Crippen LogP contribution in [0.25, 0.3) is 16.7 Å². The summed E-state index contributed by atoms with van der Waals surface area (Å²) in [5.74, 6) is 1.92. The number of carbonyl (C=O) groups excluding carboxylic acids is 1. The number of benzene rings is 2. The molecule has 31 heavy (non-hydrogen) atoms. The molecule has 1 aliphatic rings. The van der Waals surface area contributed by atoms with Crippen LogP contribution >= 0.6 is 0 Å². The summed E-state index contributed by atoms with van der Waals surface area (Å²) in [6.07, 6.45) is 1.43. The fourth-order valence-corrected chi connectivity index (χ4v) is 4.10. The predicted octanol–water partition coefficient (Wildman–Crippen LogP) is 2.33. The Morgan fingerprint density at radius 3 is 2.74 bits per heavy atom. The van der Waals surface area contributed by atoms with Crippen LogP contribution in [0.1, 0.15) is 18.7 Å². The molecule has 1 amide bonds. The third-order valence-electron chi connectivity index (χ3n) is 5.69. The summed E-state index contributed by atoms with van der Waals surface area (Å²) in [6, 6.07) is 13.1. The van der Waals surface area contributed by atoms with E-state index in [0.29, 0.717) is 42.2 Å². The minimum Gasteiger partial charge on any atom is -0.494 e. The molecule has 0 aliphatic carbocycles. The number of nitrogens with zero attached hydrogens (tertiary/aromatic N) is 5. The molecule has 2 aromatic carbocycles. The Bertz CT molecular complexity index is 1370. The van der Waals surface area contributed by atoms with E-state index in [4.69, 9.17) is 4.74 Å². The number of aryl methyl sites for hydroxylation is 1. The van der Waals surface area contributed by atoms with Crippen LogP contribution in [0, 0.1) is 0 Å². The van der Waals surface area contributed by atoms with Gasteiger partial charge in [-0.3, -0.25) is 18.6 Å². The molecule has 4 aromatic rings. The molecule has 3 heterocycles. The highest BCUT2D eigenvalue weighted by atomic mass is 16.5. The summed E-state index contributed by atoms with van der Waals surface area (Å²) in [5, 5.41) is 12.5. The molecule has 1 aliphatic heterocycles. The second-order valence-corrected chi connectivity index (χ2v) is 7.52. The number of rotatable bonds is 5. The van der Waals surface area contributed by atoms with E-state index in [1.165, 1.54) is 4.57 Å². The van der Waals surface area contributed by atoms with Crippen molar-refractivity contribution < 1.29 is 9.53 Å². The second kappa shape index (κ2) is 7.42. The standard InChI is InChI=1S/C22H22N6O3/c1-26-21(30)15-6-3-4-7-16(15)28-19(24-25-22(26)28)13-23-14-9-10-17(18(12-14)31-2)27-11-5-8-20(27)29/h3-4,6-7,9-10,12,23H,5,8,11,13H2,1-2H3. The first-order valence-electron chi connectivity index (χ1n) is 10.1. The smallest absolute Gasteiger partial charge is 0.262 e. The van der Waals surface area contributed by atoms with Crippen molar-refractivity contribution >= 4 is 34.0 Å². The molecule has 158 valence electrons. The molecule has 1 saturated heterocycles. The molecule has 0 saturated carbocycles. The summed E-state index contributed by atoms with van der Waals surface area (Å²) in [6.45, 7) is 1.11. The number of aromatic nitrogens is 4. The number of nitrogens with one attached hydrogen (secondary N) is 1. The van der Waals surface area contributed by atoms with Crippen molar-refractivity contribution in [3.8, 4) is 5.75 Å². The SMILES string of the molecule is COc1cc(NCc2nnc3n(C)c(=O)c4ccccc4n23)ccc1N1CCCC1=O. The Morgan fingerprint density at radius 1 is 1.13 bits per heavy atom. The summed E-state index contributed by atoms with van der Waals surface area (Å²) in [4.78, 5) is 26.5. The number of carbonyl (C=O) groups is 1. The molecule has 1 fully saturated rings. The first-order valence-corrected chi connectivity index (χ1v) is 10.1. The average Bonchev–Trinajstić information content (AvgIpc) is 3.42. The van der Waals surface area contributed by atoms with E-state index >= 15 is 0 Å². The van der Waals surface area contributed by atoms with Gasteiger partial charge in [0.1, 0.15) is 5.75 Å². The highest BCUT2D eigenvalue weighted by molar-refractivity contribution is 5.97. The van der Waals surface area contributed by atoms with Crippen LogP contribution in [0.5, 0.6) is 5.75 Å². The molecule has 1 N–H and O–H groups in total. The fraction of sp³-hybridized carbons (Fsp3) is 0.273. The number of para-hydroxylation sites is 1. The van der Waals surface area contributed by atoms with Gasteiger partial charge in [0, 0.05) is 31.8 Å². The average molecular weight is 418 g/mol. The molecule has 0 bridgehead atoms. The number of hydrogen-bond donors (Lipinski definition) is 1. The first-order chi connectivity index (χ1) is 15.1. The van der Waals surface area contributed by atoms with Crippen molar-refractivity contribution in [3.63, 3.8) is 0 Å². The Balaban J connectivity index is 1.48. The Kier molecular flexibility index (Phi) is 4.58. The molecule has 2 aromatic heterocycles. The maximum Gasteiger partial charge on any atom is 0.262 e. The van der Waals surface area contributed by atoms with Gasteiger partial charge in [0.15, 0.2) is 5.82 Å². The fourth-order valence-electron chi connectivity index (χ4n) is 4.10. The first kappa shape index (κ1) is 19.1. The third-order valence-corrected chi connectivity index (χ3v) is 5.69. The number of fused-ring (bicyclic) bond motifs is 3. The zero-order chi connectivity index (χ0) is 21.5. The van der Waals surface area contributed by atoms with Gasteiger partial charge in [-0.05, 0) is 30.7 Å². The largest absolute Gasteiger partial charge is 0.494 e. The van der Waals surface area contributed by atoms with Crippen molar-refractivity contribution in [3.05, 3.63) is 58.6 Å². The highest BCUT2D eigenvalue weighted by Gasteiger charge is 2.24. The van der Waals surface area contributed by atoms with Gasteiger partial charge in [-0.15, -0.1) is 10.2 Å². The molecular formula is C22H22N6O3. The van der Waals surface area contributed by atoms with E-state index in [1.54, 1.807) is 25.1 Å². The summed E-state index contributed by atoms with van der Waals surface area (Å²) in [7, 11) is 3.29. The Hall–Kier alpha value is -3.88. The van der Waals surface area contributed by atoms with Crippen LogP contribution in [-0.4, -0.2) is 38.7 Å². The zero-order valence-electron chi connectivity index (χ0n) is 17.3. The monoisotopic (exact) mass is 418 g/mol. The molecule has 5 rings (SSSR count). The molecule has 0 radical (unpaired) electrons. The van der Waals surface area contributed by atoms with Gasteiger partial charge in [0.2, 0.25) is 11.7 Å². The third kappa shape index (κ3) is 3.09. The Labute approximate surface area is 177 Å². The van der Waals surface area contributed by atoms with Crippen LogP contribution < -0.4 is 20.5 Å². The van der Waals surface area contributed by atoms with Gasteiger partial charge in [-0.25, -0.2) is 0 Å². The lowest BCUT2D eigenvalue weighted by Gasteiger charge is -2.20. The minimum absolute atomic E-state index is 0.105. The number of amides is 1. The maximum atomic E-state index is 12.6. The number of anilines is 2. The number of ether oxygens (including phenoxy) is 1. The van der Waals surface area contributed by atoms with Crippen LogP contribution in [0.15, 0.2) is 47.3 Å². The molecule has 0 spiro atoms. The molecule has 9 nitrogen and oxygen atoms in total. The van der Waals surface area contributed by atoms with Gasteiger partial charge in [0.25, 0.3) is 5.56 Å². The van der Waals surface area contributed by atoms with E-state index in [-0.39, 0.29) is 11.5 Å². The Morgan fingerprint density at radius 2 is 1.97 bits per heavy atom. The van der Waals surface area contributed by atoms with E-state index in [2.05, 4.69) is 15.5 Å². The minimum atomic E-state index is -0.105. The summed E-state index contributed by atoms with van der Waals surface area (Å²) in [5.41, 5.74) is 2.28. The molecule has 9 heteroatoms. The van der Waals surface area contributed by atoms with Crippen molar-refractivity contribution in [2.45, 2.75) is 19.4 Å². The number of hydrogen-bond acceptors (Lipinski definition) is 6. The maximum absolute atomic E-state index is 12.6. The highest BCUT2D eigenvalue weighted by Crippen LogP contribution is 2.34. The van der Waals surface area contributed by atoms with Crippen molar-refractivity contribution in [1.29, 1.82) is 0 Å². The summed E-state index contributed by atoms with van der Waals surface area (Å²) < 4.78 is 8.93.